The summed E-state index contributed by atoms with van der Waals surface area (Å²) < 4.78 is 0. The van der Waals surface area contributed by atoms with E-state index in [9.17, 15) is 5.11 Å². The molecule has 1 atom stereocenters. The minimum absolute atomic E-state index is 0.166. The van der Waals surface area contributed by atoms with Crippen LogP contribution in [-0.4, -0.2) is 5.11 Å². The van der Waals surface area contributed by atoms with Gasteiger partial charge in [0.05, 0.1) is 0 Å². The highest BCUT2D eigenvalue weighted by Crippen LogP contribution is 2.55. The molecule has 1 fully saturated rings. The third-order valence-corrected chi connectivity index (χ3v) is 4.59. The maximum Gasteiger partial charge on any atom is 0.115 e. The van der Waals surface area contributed by atoms with Crippen LogP contribution in [0.2, 0.25) is 0 Å². The van der Waals surface area contributed by atoms with Gasteiger partial charge in [0.1, 0.15) is 5.76 Å². The number of rotatable bonds is 0. The van der Waals surface area contributed by atoms with Crippen LogP contribution in [0.4, 0.5) is 0 Å². The number of hydrogen-bond acceptors (Lipinski definition) is 1. The van der Waals surface area contributed by atoms with Gasteiger partial charge in [-0.15, -0.1) is 0 Å². The van der Waals surface area contributed by atoms with Gasteiger partial charge in [0.25, 0.3) is 0 Å². The summed E-state index contributed by atoms with van der Waals surface area (Å²) in [4.78, 5) is 0. The fourth-order valence-corrected chi connectivity index (χ4v) is 3.41. The molecule has 90 valence electrons. The van der Waals surface area contributed by atoms with Gasteiger partial charge in [-0.25, -0.2) is 0 Å². The standard InChI is InChI=1S/C15H24O/c1-14(2)9-10-15(3,4)13-11(14)7-5-6-8-12(13)16/h6,8,11,16H,5,7,9-10H2,1-4H3. The van der Waals surface area contributed by atoms with Crippen molar-refractivity contribution < 1.29 is 5.11 Å². The van der Waals surface area contributed by atoms with Crippen LogP contribution in [-0.2, 0) is 0 Å². The molecule has 16 heavy (non-hydrogen) atoms. The summed E-state index contributed by atoms with van der Waals surface area (Å²) in [5.41, 5.74) is 1.81. The first kappa shape index (κ1) is 11.8. The van der Waals surface area contributed by atoms with Crippen LogP contribution < -0.4 is 0 Å². The van der Waals surface area contributed by atoms with Gasteiger partial charge in [0, 0.05) is 0 Å². The van der Waals surface area contributed by atoms with Crippen molar-refractivity contribution in [1.82, 2.24) is 0 Å². The fourth-order valence-electron chi connectivity index (χ4n) is 3.41. The summed E-state index contributed by atoms with van der Waals surface area (Å²) >= 11 is 0. The molecule has 1 heteroatoms. The molecule has 1 nitrogen and oxygen atoms in total. The van der Waals surface area contributed by atoms with Crippen LogP contribution in [0.1, 0.15) is 53.4 Å². The summed E-state index contributed by atoms with van der Waals surface area (Å²) in [6.45, 7) is 9.26. The van der Waals surface area contributed by atoms with Crippen LogP contribution in [0.25, 0.3) is 0 Å². The largest absolute Gasteiger partial charge is 0.508 e. The highest BCUT2D eigenvalue weighted by Gasteiger charge is 2.45. The van der Waals surface area contributed by atoms with Gasteiger partial charge in [-0.1, -0.05) is 33.8 Å². The number of allylic oxidation sites excluding steroid dienone is 3. The number of aliphatic hydroxyl groups excluding tert-OH is 1. The molecule has 0 heterocycles. The topological polar surface area (TPSA) is 20.2 Å². The molecule has 0 radical (unpaired) electrons. The van der Waals surface area contributed by atoms with Gasteiger partial charge in [0.2, 0.25) is 0 Å². The van der Waals surface area contributed by atoms with Crippen LogP contribution >= 0.6 is 0 Å². The molecule has 2 aliphatic rings. The van der Waals surface area contributed by atoms with Crippen LogP contribution in [0.5, 0.6) is 0 Å². The third-order valence-electron chi connectivity index (χ3n) is 4.59. The first-order chi connectivity index (χ1) is 7.34. The maximum absolute atomic E-state index is 10.2. The van der Waals surface area contributed by atoms with Gasteiger partial charge < -0.3 is 5.11 Å². The Balaban J connectivity index is 2.49. The average molecular weight is 220 g/mol. The second-order valence-corrected chi connectivity index (χ2v) is 6.70. The van der Waals surface area contributed by atoms with E-state index < -0.39 is 0 Å². The van der Waals surface area contributed by atoms with E-state index in [1.54, 1.807) is 0 Å². The zero-order valence-electron chi connectivity index (χ0n) is 11.0. The summed E-state index contributed by atoms with van der Waals surface area (Å²) in [6, 6.07) is 0. The van der Waals surface area contributed by atoms with E-state index in [-0.39, 0.29) is 5.41 Å². The van der Waals surface area contributed by atoms with E-state index in [2.05, 4.69) is 33.8 Å². The van der Waals surface area contributed by atoms with Gasteiger partial charge in [-0.05, 0) is 54.1 Å². The summed E-state index contributed by atoms with van der Waals surface area (Å²) in [5.74, 6) is 1.09. The zero-order valence-corrected chi connectivity index (χ0v) is 11.0. The van der Waals surface area contributed by atoms with Gasteiger partial charge >= 0.3 is 0 Å². The molecular formula is C15H24O. The summed E-state index contributed by atoms with van der Waals surface area (Å²) in [6.07, 6.45) is 8.76. The molecule has 0 amide bonds. The van der Waals surface area contributed by atoms with Crippen molar-refractivity contribution in [1.29, 1.82) is 0 Å². The minimum atomic E-state index is 0.166. The Morgan fingerprint density at radius 3 is 2.56 bits per heavy atom. The van der Waals surface area contributed by atoms with E-state index in [0.29, 0.717) is 17.1 Å². The number of fused-ring (bicyclic) bond motifs is 1. The molecule has 1 N–H and O–H groups in total. The van der Waals surface area contributed by atoms with Crippen molar-refractivity contribution in [2.45, 2.75) is 53.4 Å². The van der Waals surface area contributed by atoms with Crippen molar-refractivity contribution >= 4 is 0 Å². The van der Waals surface area contributed by atoms with E-state index in [0.717, 1.165) is 6.42 Å². The lowest BCUT2D eigenvalue weighted by atomic mass is 9.56. The predicted octanol–water partition coefficient (Wildman–Crippen LogP) is 4.61. The van der Waals surface area contributed by atoms with Crippen molar-refractivity contribution in [2.24, 2.45) is 16.7 Å². The highest BCUT2D eigenvalue weighted by atomic mass is 16.3. The number of hydrogen-bond donors (Lipinski definition) is 1. The smallest absolute Gasteiger partial charge is 0.115 e. The van der Waals surface area contributed by atoms with Crippen molar-refractivity contribution in [3.8, 4) is 0 Å². The molecule has 0 bridgehead atoms. The molecule has 0 aliphatic heterocycles. The Kier molecular flexibility index (Phi) is 2.68. The van der Waals surface area contributed by atoms with Crippen molar-refractivity contribution in [3.05, 3.63) is 23.5 Å². The van der Waals surface area contributed by atoms with Gasteiger partial charge in [0.15, 0.2) is 0 Å². The molecule has 2 rings (SSSR count). The minimum Gasteiger partial charge on any atom is -0.508 e. The Labute approximate surface area is 99.3 Å². The lowest BCUT2D eigenvalue weighted by molar-refractivity contribution is 0.111. The normalized spacial score (nSPS) is 32.1. The van der Waals surface area contributed by atoms with Crippen LogP contribution in [0.15, 0.2) is 23.5 Å². The second kappa shape index (κ2) is 3.65. The fraction of sp³-hybridized carbons (Fsp3) is 0.733. The molecule has 0 aromatic heterocycles. The first-order valence-corrected chi connectivity index (χ1v) is 6.45. The van der Waals surface area contributed by atoms with Crippen LogP contribution in [0, 0.1) is 16.7 Å². The SMILES string of the molecule is CC1(C)CCC(C)(C)C2CCC=CC(O)=C21. The summed E-state index contributed by atoms with van der Waals surface area (Å²) in [5, 5.41) is 10.2. The van der Waals surface area contributed by atoms with E-state index in [1.807, 2.05) is 6.08 Å². The Hall–Kier alpha value is -0.720. The average Bonchev–Trinajstić information content (AvgIpc) is 2.37. The predicted molar refractivity (Wildman–Crippen MR) is 68.3 cm³/mol. The second-order valence-electron chi connectivity index (χ2n) is 6.70. The van der Waals surface area contributed by atoms with E-state index >= 15 is 0 Å². The molecular weight excluding hydrogens is 196 g/mol. The van der Waals surface area contributed by atoms with E-state index in [4.69, 9.17) is 0 Å². The quantitative estimate of drug-likeness (QED) is 0.632. The molecule has 1 unspecified atom stereocenters. The summed E-state index contributed by atoms with van der Waals surface area (Å²) in [7, 11) is 0. The van der Waals surface area contributed by atoms with Gasteiger partial charge in [-0.3, -0.25) is 0 Å². The Bertz CT molecular complexity index is 344. The van der Waals surface area contributed by atoms with Crippen LogP contribution in [0.3, 0.4) is 0 Å². The van der Waals surface area contributed by atoms with E-state index in [1.165, 1.54) is 24.8 Å². The van der Waals surface area contributed by atoms with Crippen molar-refractivity contribution in [3.63, 3.8) is 0 Å². The molecule has 0 spiro atoms. The zero-order chi connectivity index (χ0) is 12.0. The molecule has 0 saturated heterocycles. The molecule has 2 aliphatic carbocycles. The monoisotopic (exact) mass is 220 g/mol. The highest BCUT2D eigenvalue weighted by molar-refractivity contribution is 5.31. The molecule has 1 saturated carbocycles. The van der Waals surface area contributed by atoms with Gasteiger partial charge in [-0.2, -0.15) is 0 Å². The van der Waals surface area contributed by atoms with Crippen molar-refractivity contribution in [2.75, 3.05) is 0 Å². The number of aliphatic hydroxyl groups is 1. The Morgan fingerprint density at radius 1 is 1.19 bits per heavy atom. The molecule has 0 aromatic carbocycles. The third kappa shape index (κ3) is 1.81. The first-order valence-electron chi connectivity index (χ1n) is 6.45. The lowest BCUT2D eigenvalue weighted by Gasteiger charge is -2.48. The lowest BCUT2D eigenvalue weighted by Crippen LogP contribution is -2.38. The Morgan fingerprint density at radius 2 is 1.88 bits per heavy atom. The molecule has 0 aromatic rings. The maximum atomic E-state index is 10.2.